The Labute approximate surface area is 270 Å². The van der Waals surface area contributed by atoms with Crippen LogP contribution in [0.4, 0.5) is 21.9 Å². The van der Waals surface area contributed by atoms with E-state index in [1.54, 1.807) is 60.8 Å². The summed E-state index contributed by atoms with van der Waals surface area (Å²) in [7, 11) is 1.76. The third-order valence-corrected chi connectivity index (χ3v) is 9.20. The predicted octanol–water partition coefficient (Wildman–Crippen LogP) is 4.98. The summed E-state index contributed by atoms with van der Waals surface area (Å²) in [6, 6.07) is 3.75. The number of hydrogen-bond acceptors (Lipinski definition) is 9. The van der Waals surface area contributed by atoms with Crippen LogP contribution in [0.1, 0.15) is 68.2 Å². The molecule has 1 aromatic heterocycles. The number of ether oxygens (including phenoxy) is 1. The lowest BCUT2D eigenvalue weighted by Crippen LogP contribution is -2.60. The summed E-state index contributed by atoms with van der Waals surface area (Å²) >= 11 is 3.37. The van der Waals surface area contributed by atoms with Gasteiger partial charge in [-0.25, -0.2) is 4.79 Å². The lowest BCUT2D eigenvalue weighted by molar-refractivity contribution is -0.384. The first-order valence-electron chi connectivity index (χ1n) is 15.1. The fourth-order valence-corrected chi connectivity index (χ4v) is 6.88. The van der Waals surface area contributed by atoms with Crippen molar-refractivity contribution < 1.29 is 24.0 Å². The molecular formula is C31H40BrN7O6. The van der Waals surface area contributed by atoms with Crippen LogP contribution in [-0.4, -0.2) is 99.5 Å². The first-order valence-corrected chi connectivity index (χ1v) is 15.9. The molecular weight excluding hydrogens is 646 g/mol. The smallest absolute Gasteiger partial charge is 0.410 e. The molecule has 3 aliphatic rings. The van der Waals surface area contributed by atoms with Crippen LogP contribution in [0.15, 0.2) is 35.1 Å². The molecule has 3 atom stereocenters. The molecule has 45 heavy (non-hydrogen) atoms. The van der Waals surface area contributed by atoms with Crippen molar-refractivity contribution in [3.63, 3.8) is 0 Å². The maximum atomic E-state index is 14.1. The number of nitro benzene ring substituents is 1. The number of pyridine rings is 1. The number of likely N-dealkylation sites (tertiary alicyclic amines) is 1. The monoisotopic (exact) mass is 685 g/mol. The van der Waals surface area contributed by atoms with Crippen molar-refractivity contribution in [3.05, 3.63) is 56.3 Å². The molecule has 1 aliphatic carbocycles. The molecule has 0 radical (unpaired) electrons. The van der Waals surface area contributed by atoms with Crippen molar-refractivity contribution >= 4 is 50.9 Å². The summed E-state index contributed by atoms with van der Waals surface area (Å²) in [5, 5.41) is 18.7. The third kappa shape index (κ3) is 6.70. The van der Waals surface area contributed by atoms with E-state index >= 15 is 0 Å². The van der Waals surface area contributed by atoms with Gasteiger partial charge in [0.2, 0.25) is 0 Å². The Morgan fingerprint density at radius 1 is 1.04 bits per heavy atom. The molecule has 3 fully saturated rings. The fraction of sp³-hybridized carbons (Fsp3) is 0.548. The van der Waals surface area contributed by atoms with Crippen LogP contribution in [-0.2, 0) is 4.74 Å². The molecule has 2 aliphatic heterocycles. The Morgan fingerprint density at radius 2 is 1.71 bits per heavy atom. The van der Waals surface area contributed by atoms with Gasteiger partial charge in [0.1, 0.15) is 11.3 Å². The van der Waals surface area contributed by atoms with Crippen LogP contribution in [0.3, 0.4) is 0 Å². The van der Waals surface area contributed by atoms with Crippen molar-refractivity contribution in [2.45, 2.75) is 71.2 Å². The topological polar surface area (TPSA) is 150 Å². The third-order valence-electron chi connectivity index (χ3n) is 8.74. The Hall–Kier alpha value is -3.94. The minimum Gasteiger partial charge on any atom is -0.444 e. The molecule has 3 amide bonds. The number of nitrogens with one attached hydrogen (secondary N) is 2. The van der Waals surface area contributed by atoms with E-state index in [4.69, 9.17) is 4.74 Å². The highest BCUT2D eigenvalue weighted by Crippen LogP contribution is 2.54. The van der Waals surface area contributed by atoms with Gasteiger partial charge in [0.05, 0.1) is 39.9 Å². The van der Waals surface area contributed by atoms with Crippen LogP contribution in [0.5, 0.6) is 0 Å². The van der Waals surface area contributed by atoms with E-state index in [1.807, 2.05) is 13.8 Å². The molecule has 1 saturated carbocycles. The first-order chi connectivity index (χ1) is 21.1. The molecule has 14 heteroatoms. The van der Waals surface area contributed by atoms with Gasteiger partial charge < -0.3 is 25.2 Å². The summed E-state index contributed by atoms with van der Waals surface area (Å²) in [5.41, 5.74) is 0.338. The van der Waals surface area contributed by atoms with E-state index in [0.717, 1.165) is 18.5 Å². The van der Waals surface area contributed by atoms with Gasteiger partial charge in [-0.1, -0.05) is 15.9 Å². The molecule has 1 spiro atoms. The Balaban J connectivity index is 1.40. The van der Waals surface area contributed by atoms with Crippen LogP contribution in [0, 0.1) is 15.5 Å². The largest absolute Gasteiger partial charge is 0.444 e. The molecule has 0 unspecified atom stereocenters. The Morgan fingerprint density at radius 3 is 2.29 bits per heavy atom. The summed E-state index contributed by atoms with van der Waals surface area (Å²) in [4.78, 5) is 61.5. The van der Waals surface area contributed by atoms with Crippen LogP contribution in [0.2, 0.25) is 0 Å². The maximum Gasteiger partial charge on any atom is 0.410 e. The van der Waals surface area contributed by atoms with Gasteiger partial charge in [-0.3, -0.25) is 29.6 Å². The van der Waals surface area contributed by atoms with Crippen molar-refractivity contribution in [2.75, 3.05) is 43.9 Å². The number of carbonyl (C=O) groups excluding carboxylic acids is 3. The van der Waals surface area contributed by atoms with E-state index in [2.05, 4.69) is 31.5 Å². The number of hydrogen-bond donors (Lipinski definition) is 2. The fourth-order valence-electron chi connectivity index (χ4n) is 6.43. The van der Waals surface area contributed by atoms with Crippen molar-refractivity contribution in [2.24, 2.45) is 5.41 Å². The van der Waals surface area contributed by atoms with E-state index in [-0.39, 0.29) is 65.4 Å². The highest BCUT2D eigenvalue weighted by atomic mass is 79.9. The number of carbonyl (C=O) groups is 3. The van der Waals surface area contributed by atoms with Crippen molar-refractivity contribution in [1.29, 1.82) is 0 Å². The van der Waals surface area contributed by atoms with Crippen molar-refractivity contribution in [3.8, 4) is 0 Å². The average molecular weight is 687 g/mol. The molecule has 2 aromatic rings. The van der Waals surface area contributed by atoms with E-state index in [1.165, 1.54) is 12.3 Å². The number of benzene rings is 1. The summed E-state index contributed by atoms with van der Waals surface area (Å²) in [6.45, 7) is 10.4. The van der Waals surface area contributed by atoms with E-state index in [0.29, 0.717) is 23.1 Å². The number of halogens is 1. The Kier molecular flexibility index (Phi) is 8.73. The van der Waals surface area contributed by atoms with Gasteiger partial charge in [-0.15, -0.1) is 0 Å². The van der Waals surface area contributed by atoms with Crippen LogP contribution in [0.25, 0.3) is 0 Å². The highest BCUT2D eigenvalue weighted by Gasteiger charge is 2.56. The van der Waals surface area contributed by atoms with E-state index < -0.39 is 16.6 Å². The normalized spacial score (nSPS) is 22.3. The van der Waals surface area contributed by atoms with Crippen LogP contribution >= 0.6 is 15.9 Å². The number of piperazine rings is 1. The molecule has 242 valence electrons. The maximum absolute atomic E-state index is 14.1. The second-order valence-corrected chi connectivity index (χ2v) is 14.3. The van der Waals surface area contributed by atoms with Gasteiger partial charge >= 0.3 is 6.09 Å². The summed E-state index contributed by atoms with van der Waals surface area (Å²) < 4.78 is 6.00. The second kappa shape index (κ2) is 12.1. The van der Waals surface area contributed by atoms with Gasteiger partial charge in [-0.05, 0) is 59.6 Å². The summed E-state index contributed by atoms with van der Waals surface area (Å²) in [6.07, 6.45) is 4.44. The predicted molar refractivity (Wildman–Crippen MR) is 172 cm³/mol. The molecule has 0 bridgehead atoms. The van der Waals surface area contributed by atoms with Gasteiger partial charge in [0.15, 0.2) is 0 Å². The van der Waals surface area contributed by atoms with Gasteiger partial charge in [0, 0.05) is 61.6 Å². The van der Waals surface area contributed by atoms with Crippen LogP contribution < -0.4 is 10.6 Å². The molecule has 2 saturated heterocycles. The highest BCUT2D eigenvalue weighted by molar-refractivity contribution is 9.10. The first kappa shape index (κ1) is 32.5. The second-order valence-electron chi connectivity index (χ2n) is 13.4. The zero-order chi connectivity index (χ0) is 32.8. The zero-order valence-electron chi connectivity index (χ0n) is 26.4. The molecule has 1 aromatic carbocycles. The lowest BCUT2D eigenvalue weighted by Gasteiger charge is -2.44. The molecule has 3 heterocycles. The number of aromatic nitrogens is 1. The number of nitrogens with zero attached hydrogens (tertiary/aromatic N) is 5. The molecule has 2 N–H and O–H groups in total. The SMILES string of the molecule is CNc1cncc(C(=O)N2C[C@H](Nc3c(C(=O)N4C[C@@H](C)N(C(=O)OC(C)(C)C)[C@@H](C)C4)cc(Br)cc3[N+](=O)[O-])C3(CC3)C2)c1. The average Bonchev–Trinajstić information content (AvgIpc) is 3.66. The van der Waals surface area contributed by atoms with E-state index in [9.17, 15) is 24.5 Å². The number of anilines is 2. The van der Waals surface area contributed by atoms with Crippen molar-refractivity contribution in [1.82, 2.24) is 19.7 Å². The number of rotatable bonds is 6. The standard InChI is InChI=1S/C31H40BrN7O6/c1-18-14-36(15-19(2)38(18)29(42)45-30(3,4)5)28(41)23-10-21(32)11-24(39(43)44)26(23)35-25-16-37(17-31(25)7-8-31)27(40)20-9-22(33-6)13-34-12-20/h9-13,18-19,25,33,35H,7-8,14-17H2,1-6H3/t18-,19+,25-/m0/s1. The minimum absolute atomic E-state index is 0.132. The van der Waals surface area contributed by atoms with Gasteiger partial charge in [0.25, 0.3) is 17.5 Å². The summed E-state index contributed by atoms with van der Waals surface area (Å²) in [5.74, 6) is -0.544. The molecule has 13 nitrogen and oxygen atoms in total. The zero-order valence-corrected chi connectivity index (χ0v) is 28.0. The quantitative estimate of drug-likeness (QED) is 0.317. The molecule has 5 rings (SSSR count). The number of amides is 3. The van der Waals surface area contributed by atoms with Gasteiger partial charge in [-0.2, -0.15) is 0 Å². The number of nitro groups is 1. The lowest BCUT2D eigenvalue weighted by atomic mass is 9.99. The minimum atomic E-state index is -0.660. The Bertz CT molecular complexity index is 1510.